The number of phenols is 1. The van der Waals surface area contributed by atoms with Crippen molar-refractivity contribution in [3.8, 4) is 11.8 Å². The van der Waals surface area contributed by atoms with Crippen LogP contribution in [0, 0.1) is 11.3 Å². The molecule has 0 saturated heterocycles. The SMILES string of the molecule is N#C/C(=C\c1cc(Cl)ccc1O)C(=O)NCc1ccco1. The molecule has 6 heteroatoms. The first-order valence-electron chi connectivity index (χ1n) is 6.01. The van der Waals surface area contributed by atoms with E-state index in [0.717, 1.165) is 0 Å². The van der Waals surface area contributed by atoms with Crippen molar-refractivity contribution < 1.29 is 14.3 Å². The van der Waals surface area contributed by atoms with Crippen molar-refractivity contribution in [2.75, 3.05) is 0 Å². The van der Waals surface area contributed by atoms with Crippen molar-refractivity contribution >= 4 is 23.6 Å². The van der Waals surface area contributed by atoms with Crippen LogP contribution in [0.15, 0.2) is 46.6 Å². The molecular formula is C15H11ClN2O3. The zero-order valence-corrected chi connectivity index (χ0v) is 11.6. The van der Waals surface area contributed by atoms with Gasteiger partial charge in [-0.1, -0.05) is 11.6 Å². The van der Waals surface area contributed by atoms with Gasteiger partial charge in [0, 0.05) is 10.6 Å². The number of carbonyl (C=O) groups excluding carboxylic acids is 1. The molecule has 0 atom stereocenters. The quantitative estimate of drug-likeness (QED) is 0.671. The Morgan fingerprint density at radius 1 is 1.48 bits per heavy atom. The third-order valence-corrected chi connectivity index (χ3v) is 2.89. The number of nitriles is 1. The third-order valence-electron chi connectivity index (χ3n) is 2.66. The highest BCUT2D eigenvalue weighted by molar-refractivity contribution is 6.30. The average Bonchev–Trinajstić information content (AvgIpc) is 2.99. The van der Waals surface area contributed by atoms with E-state index >= 15 is 0 Å². The lowest BCUT2D eigenvalue weighted by Crippen LogP contribution is -2.23. The first-order valence-corrected chi connectivity index (χ1v) is 6.39. The third kappa shape index (κ3) is 3.88. The number of nitrogens with zero attached hydrogens (tertiary/aromatic N) is 1. The molecule has 0 aliphatic carbocycles. The standard InChI is InChI=1S/C15H11ClN2O3/c16-12-3-4-14(19)10(7-12)6-11(8-17)15(20)18-9-13-2-1-5-21-13/h1-7,19H,9H2,(H,18,20)/b11-6+. The molecule has 21 heavy (non-hydrogen) atoms. The van der Waals surface area contributed by atoms with E-state index in [1.54, 1.807) is 18.2 Å². The van der Waals surface area contributed by atoms with Crippen LogP contribution in [-0.2, 0) is 11.3 Å². The molecule has 0 fully saturated rings. The fraction of sp³-hybridized carbons (Fsp3) is 0.0667. The van der Waals surface area contributed by atoms with Crippen LogP contribution >= 0.6 is 11.6 Å². The first kappa shape index (κ1) is 14.7. The number of hydrogen-bond acceptors (Lipinski definition) is 4. The molecule has 0 bridgehead atoms. The summed E-state index contributed by atoms with van der Waals surface area (Å²) in [6, 6.07) is 9.57. The van der Waals surface area contributed by atoms with E-state index in [-0.39, 0.29) is 17.9 Å². The second-order valence-corrected chi connectivity index (χ2v) is 4.57. The van der Waals surface area contributed by atoms with E-state index < -0.39 is 5.91 Å². The summed E-state index contributed by atoms with van der Waals surface area (Å²) in [7, 11) is 0. The zero-order valence-electron chi connectivity index (χ0n) is 10.8. The molecule has 0 saturated carbocycles. The minimum atomic E-state index is -0.562. The lowest BCUT2D eigenvalue weighted by Gasteiger charge is -2.03. The lowest BCUT2D eigenvalue weighted by atomic mass is 10.1. The molecule has 1 aromatic heterocycles. The van der Waals surface area contributed by atoms with Gasteiger partial charge in [0.25, 0.3) is 5.91 Å². The van der Waals surface area contributed by atoms with Crippen molar-refractivity contribution in [3.63, 3.8) is 0 Å². The highest BCUT2D eigenvalue weighted by Gasteiger charge is 2.11. The molecule has 0 unspecified atom stereocenters. The van der Waals surface area contributed by atoms with Crippen LogP contribution in [0.2, 0.25) is 5.02 Å². The summed E-state index contributed by atoms with van der Waals surface area (Å²) in [5.41, 5.74) is 0.159. The smallest absolute Gasteiger partial charge is 0.262 e. The summed E-state index contributed by atoms with van der Waals surface area (Å²) in [4.78, 5) is 11.9. The molecule has 0 spiro atoms. The number of aromatic hydroxyl groups is 1. The van der Waals surface area contributed by atoms with Gasteiger partial charge in [-0.05, 0) is 36.4 Å². The Balaban J connectivity index is 2.14. The first-order chi connectivity index (χ1) is 10.1. The molecule has 1 heterocycles. The second-order valence-electron chi connectivity index (χ2n) is 4.13. The highest BCUT2D eigenvalue weighted by Crippen LogP contribution is 2.23. The number of furan rings is 1. The summed E-state index contributed by atoms with van der Waals surface area (Å²) in [5.74, 6) is -0.0505. The molecule has 0 aliphatic rings. The summed E-state index contributed by atoms with van der Waals surface area (Å²) < 4.78 is 5.08. The predicted octanol–water partition coefficient (Wildman–Crippen LogP) is 2.86. The number of carbonyl (C=O) groups is 1. The van der Waals surface area contributed by atoms with E-state index in [1.165, 1.54) is 30.5 Å². The zero-order chi connectivity index (χ0) is 15.2. The van der Waals surface area contributed by atoms with Gasteiger partial charge < -0.3 is 14.8 Å². The number of amides is 1. The van der Waals surface area contributed by atoms with E-state index in [4.69, 9.17) is 21.3 Å². The van der Waals surface area contributed by atoms with Gasteiger partial charge in [-0.3, -0.25) is 4.79 Å². The van der Waals surface area contributed by atoms with Crippen molar-refractivity contribution in [2.45, 2.75) is 6.54 Å². The fourth-order valence-corrected chi connectivity index (χ4v) is 1.80. The Morgan fingerprint density at radius 2 is 2.29 bits per heavy atom. The molecule has 106 valence electrons. The van der Waals surface area contributed by atoms with Crippen LogP contribution < -0.4 is 5.32 Å². The molecular weight excluding hydrogens is 292 g/mol. The van der Waals surface area contributed by atoms with Gasteiger partial charge in [0.15, 0.2) is 0 Å². The van der Waals surface area contributed by atoms with Gasteiger partial charge in [-0.25, -0.2) is 0 Å². The van der Waals surface area contributed by atoms with Crippen molar-refractivity contribution in [2.24, 2.45) is 0 Å². The van der Waals surface area contributed by atoms with Gasteiger partial charge in [0.1, 0.15) is 23.2 Å². The number of nitrogens with one attached hydrogen (secondary N) is 1. The van der Waals surface area contributed by atoms with E-state index in [1.807, 2.05) is 0 Å². The lowest BCUT2D eigenvalue weighted by molar-refractivity contribution is -0.117. The Kier molecular flexibility index (Phi) is 4.64. The maximum absolute atomic E-state index is 11.9. The summed E-state index contributed by atoms with van der Waals surface area (Å²) in [6.45, 7) is 0.173. The van der Waals surface area contributed by atoms with Crippen LogP contribution in [0.4, 0.5) is 0 Å². The predicted molar refractivity (Wildman–Crippen MR) is 77.3 cm³/mol. The molecule has 1 amide bonds. The largest absolute Gasteiger partial charge is 0.507 e. The van der Waals surface area contributed by atoms with Crippen molar-refractivity contribution in [1.82, 2.24) is 5.32 Å². The Morgan fingerprint density at radius 3 is 2.95 bits per heavy atom. The molecule has 2 rings (SSSR count). The van der Waals surface area contributed by atoms with E-state index in [2.05, 4.69) is 5.32 Å². The van der Waals surface area contributed by atoms with Crippen LogP contribution in [-0.4, -0.2) is 11.0 Å². The normalized spacial score (nSPS) is 11.0. The molecule has 0 aliphatic heterocycles. The molecule has 2 aromatic rings. The molecule has 1 aromatic carbocycles. The van der Waals surface area contributed by atoms with Crippen molar-refractivity contribution in [1.29, 1.82) is 5.26 Å². The summed E-state index contributed by atoms with van der Waals surface area (Å²) in [6.07, 6.45) is 2.77. The van der Waals surface area contributed by atoms with Gasteiger partial charge in [-0.15, -0.1) is 0 Å². The second kappa shape index (κ2) is 6.64. The maximum Gasteiger partial charge on any atom is 0.262 e. The topological polar surface area (TPSA) is 86.3 Å². The molecule has 5 nitrogen and oxygen atoms in total. The van der Waals surface area contributed by atoms with Crippen molar-refractivity contribution in [3.05, 3.63) is 58.5 Å². The van der Waals surface area contributed by atoms with Gasteiger partial charge >= 0.3 is 0 Å². The number of halogens is 1. The van der Waals surface area contributed by atoms with Gasteiger partial charge in [0.05, 0.1) is 12.8 Å². The van der Waals surface area contributed by atoms with Crippen LogP contribution in [0.1, 0.15) is 11.3 Å². The van der Waals surface area contributed by atoms with Crippen LogP contribution in [0.25, 0.3) is 6.08 Å². The van der Waals surface area contributed by atoms with E-state index in [9.17, 15) is 9.90 Å². The monoisotopic (exact) mass is 302 g/mol. The number of phenolic OH excluding ortho intramolecular Hbond substituents is 1. The fourth-order valence-electron chi connectivity index (χ4n) is 1.62. The number of benzene rings is 1. The van der Waals surface area contributed by atoms with Gasteiger partial charge in [0.2, 0.25) is 0 Å². The Labute approximate surface area is 126 Å². The number of rotatable bonds is 4. The summed E-state index contributed by atoms with van der Waals surface area (Å²) >= 11 is 5.82. The maximum atomic E-state index is 11.9. The molecule has 0 radical (unpaired) electrons. The highest BCUT2D eigenvalue weighted by atomic mass is 35.5. The van der Waals surface area contributed by atoms with Crippen LogP contribution in [0.5, 0.6) is 5.75 Å². The molecule has 2 N–H and O–H groups in total. The Bertz CT molecular complexity index is 715. The minimum Gasteiger partial charge on any atom is -0.507 e. The van der Waals surface area contributed by atoms with Crippen LogP contribution in [0.3, 0.4) is 0 Å². The van der Waals surface area contributed by atoms with Gasteiger partial charge in [-0.2, -0.15) is 5.26 Å². The summed E-state index contributed by atoms with van der Waals surface area (Å²) in [5, 5.41) is 21.7. The minimum absolute atomic E-state index is 0.0639. The average molecular weight is 303 g/mol. The number of hydrogen-bond donors (Lipinski definition) is 2. The van der Waals surface area contributed by atoms with E-state index in [0.29, 0.717) is 16.3 Å². The Hall–Kier alpha value is -2.71.